The Morgan fingerprint density at radius 1 is 0.944 bits per heavy atom. The minimum absolute atomic E-state index is 0.167. The first kappa shape index (κ1) is 22.0. The number of amides is 1. The van der Waals surface area contributed by atoms with E-state index in [0.29, 0.717) is 12.2 Å². The van der Waals surface area contributed by atoms with Gasteiger partial charge in [-0.05, 0) is 73.9 Å². The van der Waals surface area contributed by atoms with Crippen LogP contribution < -0.4 is 15.0 Å². The molecule has 1 saturated heterocycles. The Morgan fingerprint density at radius 2 is 1.86 bits per heavy atom. The molecule has 180 valence electrons. The predicted molar refractivity (Wildman–Crippen MR) is 141 cm³/mol. The molecule has 1 fully saturated rings. The van der Waals surface area contributed by atoms with Crippen molar-refractivity contribution in [3.05, 3.63) is 72.8 Å². The number of hydrogen-bond acceptors (Lipinski definition) is 6. The van der Waals surface area contributed by atoms with Crippen LogP contribution in [0.1, 0.15) is 24.8 Å². The number of nitrogens with one attached hydrogen (secondary N) is 1. The van der Waals surface area contributed by atoms with Crippen molar-refractivity contribution >= 4 is 45.0 Å². The van der Waals surface area contributed by atoms with Crippen molar-refractivity contribution in [2.24, 2.45) is 7.05 Å². The number of ether oxygens (including phenoxy) is 1. The lowest BCUT2D eigenvalue weighted by atomic mass is 10.1. The van der Waals surface area contributed by atoms with Crippen LogP contribution in [0, 0.1) is 6.92 Å². The molecule has 0 spiro atoms. The average Bonchev–Trinajstić information content (AvgIpc) is 3.26. The molecule has 5 aromatic rings. The molecule has 3 aromatic carbocycles. The molecule has 0 radical (unpaired) electrons. The maximum absolute atomic E-state index is 12.4. The lowest BCUT2D eigenvalue weighted by Crippen LogP contribution is -2.35. The molecule has 0 saturated carbocycles. The number of aromatic nitrogens is 4. The summed E-state index contributed by atoms with van der Waals surface area (Å²) in [5.41, 5.74) is 5.53. The van der Waals surface area contributed by atoms with Crippen molar-refractivity contribution < 1.29 is 9.53 Å². The van der Waals surface area contributed by atoms with Crippen molar-refractivity contribution in [1.82, 2.24) is 19.5 Å². The van der Waals surface area contributed by atoms with Crippen molar-refractivity contribution in [3.63, 3.8) is 0 Å². The zero-order valence-corrected chi connectivity index (χ0v) is 20.2. The molecule has 6 rings (SSSR count). The fraction of sp³-hybridized carbons (Fsp3) is 0.214. The highest BCUT2D eigenvalue weighted by atomic mass is 16.5. The Morgan fingerprint density at radius 3 is 2.72 bits per heavy atom. The number of aryl methyl sites for hydroxylation is 2. The summed E-state index contributed by atoms with van der Waals surface area (Å²) in [5.74, 6) is 2.38. The molecular weight excluding hydrogens is 452 g/mol. The summed E-state index contributed by atoms with van der Waals surface area (Å²) in [5, 5.41) is 4.29. The van der Waals surface area contributed by atoms with E-state index in [-0.39, 0.29) is 5.91 Å². The van der Waals surface area contributed by atoms with E-state index < -0.39 is 0 Å². The summed E-state index contributed by atoms with van der Waals surface area (Å²) in [6.07, 6.45) is 5.91. The van der Waals surface area contributed by atoms with Crippen molar-refractivity contribution in [3.8, 4) is 11.5 Å². The van der Waals surface area contributed by atoms with Crippen LogP contribution >= 0.6 is 0 Å². The zero-order valence-electron chi connectivity index (χ0n) is 20.2. The number of carbonyl (C=O) groups is 1. The smallest absolute Gasteiger partial charge is 0.226 e. The van der Waals surface area contributed by atoms with E-state index in [1.54, 1.807) is 12.7 Å². The first-order chi connectivity index (χ1) is 17.5. The SMILES string of the molecule is Cc1cc(Nc2ncnc3ccc(N4CCCCC4=O)cc23)ccc1Oc1ccc2c(c1)ncn2C. The van der Waals surface area contributed by atoms with Gasteiger partial charge in [0.2, 0.25) is 5.91 Å². The summed E-state index contributed by atoms with van der Waals surface area (Å²) in [6.45, 7) is 2.76. The number of fused-ring (bicyclic) bond motifs is 2. The van der Waals surface area contributed by atoms with Gasteiger partial charge in [-0.25, -0.2) is 15.0 Å². The Labute approximate surface area is 208 Å². The molecule has 0 bridgehead atoms. The third kappa shape index (κ3) is 4.11. The van der Waals surface area contributed by atoms with E-state index in [2.05, 4.69) is 20.3 Å². The zero-order chi connectivity index (χ0) is 24.6. The van der Waals surface area contributed by atoms with Crippen molar-refractivity contribution in [2.45, 2.75) is 26.2 Å². The Balaban J connectivity index is 1.26. The van der Waals surface area contributed by atoms with Crippen LogP contribution in [0.25, 0.3) is 21.9 Å². The van der Waals surface area contributed by atoms with Gasteiger partial charge >= 0.3 is 0 Å². The van der Waals surface area contributed by atoms with Crippen LogP contribution in [0.5, 0.6) is 11.5 Å². The van der Waals surface area contributed by atoms with E-state index >= 15 is 0 Å². The standard InChI is InChI=1S/C28H26N6O2/c1-18-13-19(6-11-26(18)36-21-8-10-25-24(15-21)31-17-33(25)2)32-28-22-14-20(7-9-23(22)29-16-30-28)34-12-4-3-5-27(34)35/h6-11,13-17H,3-5,12H2,1-2H3,(H,29,30,32). The van der Waals surface area contributed by atoms with Gasteiger partial charge in [-0.3, -0.25) is 4.79 Å². The normalized spacial score (nSPS) is 13.9. The van der Waals surface area contributed by atoms with Gasteiger partial charge in [0.1, 0.15) is 23.6 Å². The molecule has 3 heterocycles. The molecule has 0 aliphatic carbocycles. The summed E-state index contributed by atoms with van der Waals surface area (Å²) >= 11 is 0. The number of hydrogen-bond donors (Lipinski definition) is 1. The highest BCUT2D eigenvalue weighted by Crippen LogP contribution is 2.32. The van der Waals surface area contributed by atoms with Gasteiger partial charge in [-0.15, -0.1) is 0 Å². The van der Waals surface area contributed by atoms with Gasteiger partial charge < -0.3 is 19.5 Å². The van der Waals surface area contributed by atoms with Crippen LogP contribution in [0.3, 0.4) is 0 Å². The molecule has 2 aromatic heterocycles. The van der Waals surface area contributed by atoms with Gasteiger partial charge in [-0.2, -0.15) is 0 Å². The van der Waals surface area contributed by atoms with Crippen LogP contribution in [0.2, 0.25) is 0 Å². The topological polar surface area (TPSA) is 85.2 Å². The minimum Gasteiger partial charge on any atom is -0.457 e. The highest BCUT2D eigenvalue weighted by molar-refractivity contribution is 5.99. The maximum atomic E-state index is 12.4. The fourth-order valence-electron chi connectivity index (χ4n) is 4.68. The van der Waals surface area contributed by atoms with Gasteiger partial charge in [0.05, 0.1) is 22.9 Å². The first-order valence-electron chi connectivity index (χ1n) is 12.1. The molecule has 8 nitrogen and oxygen atoms in total. The lowest BCUT2D eigenvalue weighted by Gasteiger charge is -2.27. The van der Waals surface area contributed by atoms with Crippen LogP contribution in [-0.4, -0.2) is 32.0 Å². The molecule has 36 heavy (non-hydrogen) atoms. The predicted octanol–water partition coefficient (Wildman–Crippen LogP) is 5.88. The summed E-state index contributed by atoms with van der Waals surface area (Å²) in [7, 11) is 1.97. The summed E-state index contributed by atoms with van der Waals surface area (Å²) in [4.78, 5) is 27.6. The Bertz CT molecular complexity index is 1610. The van der Waals surface area contributed by atoms with E-state index in [4.69, 9.17) is 4.74 Å². The second-order valence-corrected chi connectivity index (χ2v) is 9.14. The van der Waals surface area contributed by atoms with Crippen LogP contribution in [0.4, 0.5) is 17.2 Å². The van der Waals surface area contributed by atoms with Gasteiger partial charge in [0, 0.05) is 42.8 Å². The minimum atomic E-state index is 0.167. The Hall–Kier alpha value is -4.46. The molecule has 8 heteroatoms. The van der Waals surface area contributed by atoms with Crippen molar-refractivity contribution in [1.29, 1.82) is 0 Å². The number of carbonyl (C=O) groups excluding carboxylic acids is 1. The summed E-state index contributed by atoms with van der Waals surface area (Å²) < 4.78 is 8.14. The molecular formula is C28H26N6O2. The van der Waals surface area contributed by atoms with Crippen molar-refractivity contribution in [2.75, 3.05) is 16.8 Å². The van der Waals surface area contributed by atoms with Crippen LogP contribution in [0.15, 0.2) is 67.3 Å². The van der Waals surface area contributed by atoms with E-state index in [1.807, 2.05) is 78.0 Å². The quantitative estimate of drug-likeness (QED) is 0.340. The third-order valence-electron chi connectivity index (χ3n) is 6.62. The molecule has 1 amide bonds. The molecule has 1 aliphatic heterocycles. The monoisotopic (exact) mass is 478 g/mol. The number of anilines is 3. The molecule has 0 atom stereocenters. The van der Waals surface area contributed by atoms with E-state index in [1.165, 1.54) is 0 Å². The first-order valence-corrected chi connectivity index (χ1v) is 12.1. The molecule has 0 unspecified atom stereocenters. The number of nitrogens with zero attached hydrogens (tertiary/aromatic N) is 5. The lowest BCUT2D eigenvalue weighted by molar-refractivity contribution is -0.119. The van der Waals surface area contributed by atoms with Gasteiger partial charge in [0.25, 0.3) is 0 Å². The van der Waals surface area contributed by atoms with Gasteiger partial charge in [-0.1, -0.05) is 0 Å². The molecule has 1 N–H and O–H groups in total. The fourth-order valence-corrected chi connectivity index (χ4v) is 4.68. The molecule has 1 aliphatic rings. The van der Waals surface area contributed by atoms with Crippen LogP contribution in [-0.2, 0) is 11.8 Å². The summed E-state index contributed by atoms with van der Waals surface area (Å²) in [6, 6.07) is 17.7. The maximum Gasteiger partial charge on any atom is 0.226 e. The second-order valence-electron chi connectivity index (χ2n) is 9.14. The van der Waals surface area contributed by atoms with E-state index in [9.17, 15) is 4.79 Å². The Kier molecular flexibility index (Phi) is 5.48. The number of imidazole rings is 1. The second kappa shape index (κ2) is 8.96. The number of rotatable bonds is 5. The number of benzene rings is 3. The van der Waals surface area contributed by atoms with Gasteiger partial charge in [0.15, 0.2) is 0 Å². The largest absolute Gasteiger partial charge is 0.457 e. The highest BCUT2D eigenvalue weighted by Gasteiger charge is 2.20. The van der Waals surface area contributed by atoms with E-state index in [0.717, 1.165) is 69.8 Å². The third-order valence-corrected chi connectivity index (χ3v) is 6.62. The number of piperidine rings is 1. The average molecular weight is 479 g/mol.